The van der Waals surface area contributed by atoms with Gasteiger partial charge in [0.2, 0.25) is 0 Å². The van der Waals surface area contributed by atoms with Crippen LogP contribution >= 0.6 is 0 Å². The Kier molecular flexibility index (Phi) is 5.61. The zero-order valence-corrected chi connectivity index (χ0v) is 16.5. The highest BCUT2D eigenvalue weighted by Gasteiger charge is 2.14. The van der Waals surface area contributed by atoms with Gasteiger partial charge in [0.15, 0.2) is 0 Å². The summed E-state index contributed by atoms with van der Waals surface area (Å²) >= 11 is 0. The zero-order valence-electron chi connectivity index (χ0n) is 16.5. The first-order valence-corrected chi connectivity index (χ1v) is 9.63. The van der Waals surface area contributed by atoms with E-state index in [1.807, 2.05) is 0 Å². The van der Waals surface area contributed by atoms with Gasteiger partial charge < -0.3 is 0 Å². The summed E-state index contributed by atoms with van der Waals surface area (Å²) in [4.78, 5) is 0. The molecule has 0 atom stereocenters. The van der Waals surface area contributed by atoms with Gasteiger partial charge in [0.25, 0.3) is 0 Å². The van der Waals surface area contributed by atoms with E-state index in [1.165, 1.54) is 33.4 Å². The predicted molar refractivity (Wildman–Crippen MR) is 113 cm³/mol. The van der Waals surface area contributed by atoms with Gasteiger partial charge in [-0.25, -0.2) is 0 Å². The lowest BCUT2D eigenvalue weighted by Crippen LogP contribution is -2.12. The molecule has 0 aliphatic rings. The maximum atomic E-state index is 2.39. The normalized spacial score (nSPS) is 11.5. The van der Waals surface area contributed by atoms with E-state index in [9.17, 15) is 0 Å². The van der Waals surface area contributed by atoms with E-state index in [0.717, 1.165) is 19.3 Å². The summed E-state index contributed by atoms with van der Waals surface area (Å²) in [5.74, 6) is 0. The van der Waals surface area contributed by atoms with Crippen LogP contribution in [-0.4, -0.2) is 0 Å². The topological polar surface area (TPSA) is 0 Å². The highest BCUT2D eigenvalue weighted by Crippen LogP contribution is 2.25. The minimum atomic E-state index is 0.208. The molecule has 0 bridgehead atoms. The predicted octanol–water partition coefficient (Wildman–Crippen LogP) is 6.67. The van der Waals surface area contributed by atoms with Gasteiger partial charge in [0.1, 0.15) is 0 Å². The van der Waals surface area contributed by atoms with E-state index in [2.05, 4.69) is 100 Å². The van der Waals surface area contributed by atoms with Crippen molar-refractivity contribution >= 4 is 0 Å². The van der Waals surface area contributed by atoms with Crippen molar-refractivity contribution in [2.75, 3.05) is 0 Å². The van der Waals surface area contributed by atoms with Crippen molar-refractivity contribution in [3.05, 3.63) is 106 Å². The monoisotopic (exact) mass is 342 g/mol. The van der Waals surface area contributed by atoms with Crippen LogP contribution < -0.4 is 0 Å². The van der Waals surface area contributed by atoms with Crippen molar-refractivity contribution in [3.63, 3.8) is 0 Å². The maximum Gasteiger partial charge on any atom is -0.00258 e. The number of benzene rings is 3. The Morgan fingerprint density at radius 1 is 0.615 bits per heavy atom. The Hall–Kier alpha value is -2.34. The Labute approximate surface area is 158 Å². The van der Waals surface area contributed by atoms with Crippen LogP contribution in [0.25, 0.3) is 0 Å². The molecule has 0 saturated heterocycles. The molecule has 0 heteroatoms. The molecule has 0 amide bonds. The fraction of sp³-hybridized carbons (Fsp3) is 0.308. The maximum absolute atomic E-state index is 2.39. The lowest BCUT2D eigenvalue weighted by molar-refractivity contribution is 0.588. The van der Waals surface area contributed by atoms with Crippen molar-refractivity contribution in [3.8, 4) is 0 Å². The van der Waals surface area contributed by atoms with E-state index in [0.29, 0.717) is 0 Å². The van der Waals surface area contributed by atoms with Gasteiger partial charge in [-0.2, -0.15) is 0 Å². The fourth-order valence-corrected chi connectivity index (χ4v) is 3.38. The first kappa shape index (κ1) is 18.5. The minimum Gasteiger partial charge on any atom is -0.0622 e. The summed E-state index contributed by atoms with van der Waals surface area (Å²) in [5, 5.41) is 0. The second-order valence-corrected chi connectivity index (χ2v) is 8.44. The van der Waals surface area contributed by atoms with Gasteiger partial charge in [-0.1, -0.05) is 99.1 Å². The number of hydrogen-bond donors (Lipinski definition) is 0. The van der Waals surface area contributed by atoms with E-state index >= 15 is 0 Å². The molecule has 0 nitrogen and oxygen atoms in total. The zero-order chi connectivity index (χ0) is 18.6. The quantitative estimate of drug-likeness (QED) is 0.486. The van der Waals surface area contributed by atoms with Crippen molar-refractivity contribution < 1.29 is 0 Å². The van der Waals surface area contributed by atoms with Gasteiger partial charge in [-0.3, -0.25) is 0 Å². The van der Waals surface area contributed by atoms with E-state index in [4.69, 9.17) is 0 Å². The molecule has 0 spiro atoms. The molecule has 3 rings (SSSR count). The summed E-state index contributed by atoms with van der Waals surface area (Å²) in [6.07, 6.45) is 3.20. The average molecular weight is 343 g/mol. The molecule has 0 unspecified atom stereocenters. The SMILES string of the molecule is Cc1cc(CCc2ccc(Cc3ccccc3)cc2)cc(C(C)(C)C)c1. The summed E-state index contributed by atoms with van der Waals surface area (Å²) in [5.41, 5.74) is 8.63. The van der Waals surface area contributed by atoms with Crippen LogP contribution in [0.3, 0.4) is 0 Å². The molecule has 0 heterocycles. The Balaban J connectivity index is 1.64. The first-order valence-electron chi connectivity index (χ1n) is 9.63. The Bertz CT molecular complexity index is 833. The van der Waals surface area contributed by atoms with Crippen LogP contribution in [0.15, 0.2) is 72.8 Å². The Morgan fingerprint density at radius 3 is 1.85 bits per heavy atom. The van der Waals surface area contributed by atoms with E-state index in [-0.39, 0.29) is 5.41 Å². The van der Waals surface area contributed by atoms with Gasteiger partial charge in [-0.15, -0.1) is 0 Å². The van der Waals surface area contributed by atoms with Crippen LogP contribution in [0.1, 0.15) is 54.2 Å². The van der Waals surface area contributed by atoms with Crippen LogP contribution in [0.5, 0.6) is 0 Å². The van der Waals surface area contributed by atoms with Gasteiger partial charge in [0.05, 0.1) is 0 Å². The molecule has 0 radical (unpaired) electrons. The van der Waals surface area contributed by atoms with E-state index < -0.39 is 0 Å². The summed E-state index contributed by atoms with van der Waals surface area (Å²) in [6, 6.07) is 26.8. The van der Waals surface area contributed by atoms with Crippen LogP contribution in [0.4, 0.5) is 0 Å². The standard InChI is InChI=1S/C26H30/c1-20-16-24(19-25(17-20)26(2,3)4)15-12-21-10-13-23(14-11-21)18-22-8-6-5-7-9-22/h5-11,13-14,16-17,19H,12,15,18H2,1-4H3. The molecule has 0 aromatic heterocycles. The molecule has 0 fully saturated rings. The van der Waals surface area contributed by atoms with Gasteiger partial charge in [-0.05, 0) is 59.4 Å². The van der Waals surface area contributed by atoms with Crippen LogP contribution in [-0.2, 0) is 24.7 Å². The average Bonchev–Trinajstić information content (AvgIpc) is 2.61. The van der Waals surface area contributed by atoms with Crippen molar-refractivity contribution in [1.29, 1.82) is 0 Å². The fourth-order valence-electron chi connectivity index (χ4n) is 3.38. The lowest BCUT2D eigenvalue weighted by atomic mass is 9.84. The third-order valence-corrected chi connectivity index (χ3v) is 4.98. The van der Waals surface area contributed by atoms with Crippen LogP contribution in [0, 0.1) is 6.92 Å². The molecule has 0 aliphatic carbocycles. The summed E-state index contributed by atoms with van der Waals surface area (Å²) < 4.78 is 0. The highest BCUT2D eigenvalue weighted by molar-refractivity contribution is 5.34. The molecule has 3 aromatic rings. The van der Waals surface area contributed by atoms with Gasteiger partial charge in [0, 0.05) is 0 Å². The molecule has 0 aliphatic heterocycles. The molecule has 26 heavy (non-hydrogen) atoms. The van der Waals surface area contributed by atoms with Crippen molar-refractivity contribution in [1.82, 2.24) is 0 Å². The highest BCUT2D eigenvalue weighted by atomic mass is 14.2. The van der Waals surface area contributed by atoms with Crippen molar-refractivity contribution in [2.45, 2.75) is 52.4 Å². The van der Waals surface area contributed by atoms with Crippen molar-refractivity contribution in [2.24, 2.45) is 0 Å². The smallest absolute Gasteiger partial charge is 0.00258 e. The van der Waals surface area contributed by atoms with Gasteiger partial charge >= 0.3 is 0 Å². The largest absolute Gasteiger partial charge is 0.0622 e. The van der Waals surface area contributed by atoms with E-state index in [1.54, 1.807) is 0 Å². The molecule has 0 saturated carbocycles. The number of hydrogen-bond acceptors (Lipinski definition) is 0. The molecule has 3 aromatic carbocycles. The molecular formula is C26H30. The first-order chi connectivity index (χ1) is 12.4. The third kappa shape index (κ3) is 5.08. The number of aryl methyl sites for hydroxylation is 3. The van der Waals surface area contributed by atoms with Crippen LogP contribution in [0.2, 0.25) is 0 Å². The second-order valence-electron chi connectivity index (χ2n) is 8.44. The molecular weight excluding hydrogens is 312 g/mol. The Morgan fingerprint density at radius 2 is 1.19 bits per heavy atom. The number of rotatable bonds is 5. The minimum absolute atomic E-state index is 0.208. The molecule has 134 valence electrons. The lowest BCUT2D eigenvalue weighted by Gasteiger charge is -2.21. The second kappa shape index (κ2) is 7.91. The summed E-state index contributed by atoms with van der Waals surface area (Å²) in [6.45, 7) is 9.07. The molecule has 0 N–H and O–H groups in total. The third-order valence-electron chi connectivity index (χ3n) is 4.98. The summed E-state index contributed by atoms with van der Waals surface area (Å²) in [7, 11) is 0.